The van der Waals surface area contributed by atoms with Gasteiger partial charge in [0.05, 0.1) is 10.8 Å². The van der Waals surface area contributed by atoms with Crippen molar-refractivity contribution in [2.24, 2.45) is 5.92 Å². The van der Waals surface area contributed by atoms with Crippen LogP contribution in [0.15, 0.2) is 12.1 Å². The molecule has 8 heteroatoms. The van der Waals surface area contributed by atoms with E-state index in [4.69, 9.17) is 5.11 Å². The number of rotatable bonds is 5. The molecule has 0 saturated carbocycles. The molecule has 0 spiro atoms. The monoisotopic (exact) mass is 298 g/mol. The predicted molar refractivity (Wildman–Crippen MR) is 71.5 cm³/mol. The molecule has 1 aromatic carbocycles. The van der Waals surface area contributed by atoms with Gasteiger partial charge in [-0.15, -0.1) is 0 Å². The summed E-state index contributed by atoms with van der Waals surface area (Å²) in [5.41, 5.74) is -0.907. The number of amides is 1. The normalized spacial score (nSPS) is 13.3. The standard InChI is InChI=1S/C13H15FN2O5/c1-6-4-9(14)5-10(11(6)16(20)21)12(17)15-8(3)7(2)13(18)19/h4-5,7-8H,1-3H3,(H,15,17)(H,18,19). The number of carboxylic acid groups (broad SMARTS) is 1. The van der Waals surface area contributed by atoms with Gasteiger partial charge >= 0.3 is 5.97 Å². The Morgan fingerprint density at radius 2 is 1.95 bits per heavy atom. The van der Waals surface area contributed by atoms with Gasteiger partial charge in [-0.25, -0.2) is 4.39 Å². The van der Waals surface area contributed by atoms with Crippen molar-refractivity contribution in [3.05, 3.63) is 39.2 Å². The number of carbonyl (C=O) groups excluding carboxylic acids is 1. The van der Waals surface area contributed by atoms with Crippen molar-refractivity contribution in [2.45, 2.75) is 26.8 Å². The topological polar surface area (TPSA) is 110 Å². The Bertz CT molecular complexity index is 602. The second kappa shape index (κ2) is 6.29. The van der Waals surface area contributed by atoms with Crippen molar-refractivity contribution in [3.8, 4) is 0 Å². The summed E-state index contributed by atoms with van der Waals surface area (Å²) in [6, 6.07) is 0.954. The van der Waals surface area contributed by atoms with Crippen molar-refractivity contribution in [3.63, 3.8) is 0 Å². The summed E-state index contributed by atoms with van der Waals surface area (Å²) in [5, 5.41) is 22.2. The van der Waals surface area contributed by atoms with Gasteiger partial charge < -0.3 is 10.4 Å². The fraction of sp³-hybridized carbons (Fsp3) is 0.385. The smallest absolute Gasteiger partial charge is 0.308 e. The molecule has 1 rings (SSSR count). The lowest BCUT2D eigenvalue weighted by molar-refractivity contribution is -0.385. The number of nitro groups is 1. The van der Waals surface area contributed by atoms with E-state index in [-0.39, 0.29) is 5.56 Å². The van der Waals surface area contributed by atoms with Gasteiger partial charge in [-0.05, 0) is 32.9 Å². The highest BCUT2D eigenvalue weighted by atomic mass is 19.1. The van der Waals surface area contributed by atoms with E-state index in [1.54, 1.807) is 0 Å². The second-order valence-corrected chi connectivity index (χ2v) is 4.77. The van der Waals surface area contributed by atoms with Gasteiger partial charge in [-0.1, -0.05) is 0 Å². The van der Waals surface area contributed by atoms with Crippen LogP contribution >= 0.6 is 0 Å². The molecular weight excluding hydrogens is 283 g/mol. The van der Waals surface area contributed by atoms with Crippen molar-refractivity contribution in [1.29, 1.82) is 0 Å². The molecule has 114 valence electrons. The molecule has 0 aliphatic rings. The Morgan fingerprint density at radius 1 is 1.38 bits per heavy atom. The van der Waals surface area contributed by atoms with E-state index in [1.165, 1.54) is 20.8 Å². The predicted octanol–water partition coefficient (Wildman–Crippen LogP) is 1.88. The van der Waals surface area contributed by atoms with Crippen LogP contribution in [0, 0.1) is 28.8 Å². The van der Waals surface area contributed by atoms with Gasteiger partial charge in [-0.2, -0.15) is 0 Å². The van der Waals surface area contributed by atoms with Crippen LogP contribution in [-0.4, -0.2) is 27.9 Å². The average Bonchev–Trinajstić information content (AvgIpc) is 2.35. The summed E-state index contributed by atoms with van der Waals surface area (Å²) < 4.78 is 13.4. The Balaban J connectivity index is 3.13. The van der Waals surface area contributed by atoms with Crippen molar-refractivity contribution < 1.29 is 24.0 Å². The van der Waals surface area contributed by atoms with E-state index >= 15 is 0 Å². The number of carboxylic acids is 1. The van der Waals surface area contributed by atoms with Gasteiger partial charge in [0.2, 0.25) is 0 Å². The van der Waals surface area contributed by atoms with Crippen LogP contribution in [0.1, 0.15) is 29.8 Å². The van der Waals surface area contributed by atoms with E-state index in [1.807, 2.05) is 0 Å². The lowest BCUT2D eigenvalue weighted by Gasteiger charge is -2.18. The maximum Gasteiger partial charge on any atom is 0.308 e. The van der Waals surface area contributed by atoms with E-state index in [9.17, 15) is 24.1 Å². The van der Waals surface area contributed by atoms with Gasteiger partial charge in [0.15, 0.2) is 0 Å². The fourth-order valence-corrected chi connectivity index (χ4v) is 1.77. The molecule has 21 heavy (non-hydrogen) atoms. The summed E-state index contributed by atoms with van der Waals surface area (Å²) in [7, 11) is 0. The number of halogens is 1. The molecule has 1 amide bonds. The third kappa shape index (κ3) is 3.74. The van der Waals surface area contributed by atoms with E-state index in [0.29, 0.717) is 0 Å². The summed E-state index contributed by atoms with van der Waals surface area (Å²) in [6.45, 7) is 4.16. The van der Waals surface area contributed by atoms with Crippen molar-refractivity contribution >= 4 is 17.6 Å². The number of nitrogens with one attached hydrogen (secondary N) is 1. The maximum atomic E-state index is 13.4. The molecule has 0 fully saturated rings. The number of nitrogens with zero attached hydrogens (tertiary/aromatic N) is 1. The van der Waals surface area contributed by atoms with Gasteiger partial charge in [0.1, 0.15) is 11.4 Å². The number of carbonyl (C=O) groups is 2. The third-order valence-electron chi connectivity index (χ3n) is 3.19. The van der Waals surface area contributed by atoms with Gasteiger partial charge in [0, 0.05) is 11.6 Å². The highest BCUT2D eigenvalue weighted by Gasteiger charge is 2.27. The van der Waals surface area contributed by atoms with Crippen LogP contribution < -0.4 is 5.32 Å². The Kier molecular flexibility index (Phi) is 4.96. The molecule has 2 unspecified atom stereocenters. The summed E-state index contributed by atoms with van der Waals surface area (Å²) in [6.07, 6.45) is 0. The lowest BCUT2D eigenvalue weighted by Crippen LogP contribution is -2.40. The molecule has 0 bridgehead atoms. The minimum absolute atomic E-state index is 0.0177. The molecule has 1 aromatic rings. The van der Waals surface area contributed by atoms with Gasteiger partial charge in [-0.3, -0.25) is 19.7 Å². The maximum absolute atomic E-state index is 13.4. The SMILES string of the molecule is Cc1cc(F)cc(C(=O)NC(C)C(C)C(=O)O)c1[N+](=O)[O-]. The zero-order valence-corrected chi connectivity index (χ0v) is 11.7. The Labute approximate surface area is 119 Å². The van der Waals surface area contributed by atoms with Crippen LogP contribution in [-0.2, 0) is 4.79 Å². The van der Waals surface area contributed by atoms with Crippen molar-refractivity contribution in [2.75, 3.05) is 0 Å². The molecule has 0 saturated heterocycles. The summed E-state index contributed by atoms with van der Waals surface area (Å²) in [4.78, 5) is 33.1. The summed E-state index contributed by atoms with van der Waals surface area (Å²) >= 11 is 0. The zero-order valence-electron chi connectivity index (χ0n) is 11.7. The number of aliphatic carboxylic acids is 1. The quantitative estimate of drug-likeness (QED) is 0.637. The molecule has 0 heterocycles. The number of hydrogen-bond donors (Lipinski definition) is 2. The van der Waals surface area contributed by atoms with Crippen molar-refractivity contribution in [1.82, 2.24) is 5.32 Å². The Hall–Kier alpha value is -2.51. The molecule has 0 aliphatic heterocycles. The Morgan fingerprint density at radius 3 is 2.43 bits per heavy atom. The molecular formula is C13H15FN2O5. The molecule has 0 aromatic heterocycles. The first-order valence-electron chi connectivity index (χ1n) is 6.13. The largest absolute Gasteiger partial charge is 0.481 e. The molecule has 7 nitrogen and oxygen atoms in total. The molecule has 0 aliphatic carbocycles. The number of benzene rings is 1. The number of aryl methyl sites for hydroxylation is 1. The first-order valence-corrected chi connectivity index (χ1v) is 6.13. The van der Waals surface area contributed by atoms with E-state index in [0.717, 1.165) is 12.1 Å². The minimum atomic E-state index is -1.12. The summed E-state index contributed by atoms with van der Waals surface area (Å²) in [5.74, 6) is -3.66. The average molecular weight is 298 g/mol. The third-order valence-corrected chi connectivity index (χ3v) is 3.19. The fourth-order valence-electron chi connectivity index (χ4n) is 1.77. The van der Waals surface area contributed by atoms with Crippen LogP contribution in [0.2, 0.25) is 0 Å². The van der Waals surface area contributed by atoms with Crippen LogP contribution in [0.25, 0.3) is 0 Å². The first kappa shape index (κ1) is 16.5. The van der Waals surface area contributed by atoms with Crippen LogP contribution in [0.5, 0.6) is 0 Å². The number of hydrogen-bond acceptors (Lipinski definition) is 4. The van der Waals surface area contributed by atoms with E-state index in [2.05, 4.69) is 5.32 Å². The zero-order chi connectivity index (χ0) is 16.3. The van der Waals surface area contributed by atoms with E-state index < -0.39 is 45.8 Å². The molecule has 2 N–H and O–H groups in total. The second-order valence-electron chi connectivity index (χ2n) is 4.77. The van der Waals surface area contributed by atoms with Crippen LogP contribution in [0.3, 0.4) is 0 Å². The molecule has 2 atom stereocenters. The lowest BCUT2D eigenvalue weighted by atomic mass is 10.0. The van der Waals surface area contributed by atoms with Crippen LogP contribution in [0.4, 0.5) is 10.1 Å². The number of nitro benzene ring substituents is 1. The highest BCUT2D eigenvalue weighted by Crippen LogP contribution is 2.25. The minimum Gasteiger partial charge on any atom is -0.481 e. The molecule has 0 radical (unpaired) electrons. The van der Waals surface area contributed by atoms with Gasteiger partial charge in [0.25, 0.3) is 11.6 Å². The first-order chi connectivity index (χ1) is 9.65. The highest BCUT2D eigenvalue weighted by molar-refractivity contribution is 5.99.